The molecule has 0 saturated carbocycles. The van der Waals surface area contributed by atoms with Crippen molar-refractivity contribution in [3.63, 3.8) is 0 Å². The van der Waals surface area contributed by atoms with Gasteiger partial charge in [-0.2, -0.15) is 12.7 Å². The molecule has 1 heterocycles. The van der Waals surface area contributed by atoms with Crippen molar-refractivity contribution in [3.8, 4) is 11.5 Å². The molecule has 7 heteroatoms. The molecule has 0 spiro atoms. The molecule has 0 saturated heterocycles. The monoisotopic (exact) mass is 272 g/mol. The average molecular weight is 272 g/mol. The van der Waals surface area contributed by atoms with E-state index in [1.807, 2.05) is 18.2 Å². The van der Waals surface area contributed by atoms with Gasteiger partial charge in [0.25, 0.3) is 10.2 Å². The van der Waals surface area contributed by atoms with Gasteiger partial charge in [-0.25, -0.2) is 5.14 Å². The molecule has 6 nitrogen and oxygen atoms in total. The molecule has 18 heavy (non-hydrogen) atoms. The van der Waals surface area contributed by atoms with Gasteiger partial charge in [0.05, 0.1) is 6.54 Å². The van der Waals surface area contributed by atoms with Gasteiger partial charge in [-0.1, -0.05) is 19.1 Å². The van der Waals surface area contributed by atoms with Gasteiger partial charge < -0.3 is 9.47 Å². The van der Waals surface area contributed by atoms with Gasteiger partial charge in [-0.05, 0) is 12.1 Å². The second kappa shape index (κ2) is 5.13. The second-order valence-corrected chi connectivity index (χ2v) is 5.54. The standard InChI is InChI=1S/C11H16N2O4S/c1-2-13(18(12,14)15)7-9-8-16-10-5-3-4-6-11(10)17-9/h3-6,9H,2,7-8H2,1H3,(H2,12,14,15)/t9-/m1/s1. The summed E-state index contributed by atoms with van der Waals surface area (Å²) >= 11 is 0. The molecule has 0 unspecified atom stereocenters. The summed E-state index contributed by atoms with van der Waals surface area (Å²) in [5.74, 6) is 1.30. The van der Waals surface area contributed by atoms with Crippen LogP contribution in [0, 0.1) is 0 Å². The van der Waals surface area contributed by atoms with Crippen LogP contribution in [-0.4, -0.2) is 38.5 Å². The maximum atomic E-state index is 11.3. The molecule has 1 atom stereocenters. The maximum absolute atomic E-state index is 11.3. The van der Waals surface area contributed by atoms with Crippen LogP contribution in [0.25, 0.3) is 0 Å². The topological polar surface area (TPSA) is 81.9 Å². The normalized spacial score (nSPS) is 18.9. The number of nitrogens with two attached hydrogens (primary N) is 1. The van der Waals surface area contributed by atoms with Gasteiger partial charge >= 0.3 is 0 Å². The van der Waals surface area contributed by atoms with Crippen LogP contribution < -0.4 is 14.6 Å². The van der Waals surface area contributed by atoms with E-state index in [0.29, 0.717) is 24.7 Å². The summed E-state index contributed by atoms with van der Waals surface area (Å²) in [6.07, 6.45) is -0.349. The quantitative estimate of drug-likeness (QED) is 0.857. The number of ether oxygens (including phenoxy) is 2. The van der Waals surface area contributed by atoms with Crippen LogP contribution in [-0.2, 0) is 10.2 Å². The van der Waals surface area contributed by atoms with Crippen molar-refractivity contribution < 1.29 is 17.9 Å². The van der Waals surface area contributed by atoms with Gasteiger partial charge in [0.2, 0.25) is 0 Å². The second-order valence-electron chi connectivity index (χ2n) is 3.99. The van der Waals surface area contributed by atoms with Crippen LogP contribution in [0.3, 0.4) is 0 Å². The summed E-state index contributed by atoms with van der Waals surface area (Å²) in [6, 6.07) is 7.28. The van der Waals surface area contributed by atoms with Crippen molar-refractivity contribution in [1.29, 1.82) is 0 Å². The van der Waals surface area contributed by atoms with Gasteiger partial charge in [0, 0.05) is 6.54 Å². The first-order valence-corrected chi connectivity index (χ1v) is 7.17. The number of fused-ring (bicyclic) bond motifs is 1. The lowest BCUT2D eigenvalue weighted by Gasteiger charge is -2.29. The highest BCUT2D eigenvalue weighted by molar-refractivity contribution is 7.86. The Morgan fingerprint density at radius 1 is 1.39 bits per heavy atom. The predicted molar refractivity (Wildman–Crippen MR) is 66.7 cm³/mol. The van der Waals surface area contributed by atoms with E-state index in [0.717, 1.165) is 4.31 Å². The molecule has 0 aliphatic carbocycles. The van der Waals surface area contributed by atoms with Crippen molar-refractivity contribution in [2.45, 2.75) is 13.0 Å². The SMILES string of the molecule is CCN(C[C@@H]1COc2ccccc2O1)S(N)(=O)=O. The summed E-state index contributed by atoms with van der Waals surface area (Å²) < 4.78 is 34.9. The van der Waals surface area contributed by atoms with Crippen LogP contribution in [0.2, 0.25) is 0 Å². The van der Waals surface area contributed by atoms with Crippen LogP contribution in [0.15, 0.2) is 24.3 Å². The lowest BCUT2D eigenvalue weighted by atomic mass is 10.2. The summed E-state index contributed by atoms with van der Waals surface area (Å²) in [7, 11) is -3.69. The molecule has 0 aromatic heterocycles. The predicted octanol–water partition coefficient (Wildman–Crippen LogP) is 0.352. The highest BCUT2D eigenvalue weighted by atomic mass is 32.2. The highest BCUT2D eigenvalue weighted by Gasteiger charge is 2.26. The maximum Gasteiger partial charge on any atom is 0.277 e. The Balaban J connectivity index is 2.06. The van der Waals surface area contributed by atoms with Crippen LogP contribution >= 0.6 is 0 Å². The molecule has 100 valence electrons. The van der Waals surface area contributed by atoms with Crippen molar-refractivity contribution >= 4 is 10.2 Å². The first-order valence-electron chi connectivity index (χ1n) is 5.67. The molecule has 1 aromatic rings. The van der Waals surface area contributed by atoms with Crippen LogP contribution in [0.5, 0.6) is 11.5 Å². The molecule has 2 rings (SSSR count). The van der Waals surface area contributed by atoms with Crippen molar-refractivity contribution in [2.24, 2.45) is 5.14 Å². The molecule has 2 N–H and O–H groups in total. The third-order valence-corrected chi connectivity index (χ3v) is 3.81. The fraction of sp³-hybridized carbons (Fsp3) is 0.455. The van der Waals surface area contributed by atoms with E-state index < -0.39 is 10.2 Å². The number of hydrogen-bond donors (Lipinski definition) is 1. The lowest BCUT2D eigenvalue weighted by molar-refractivity contribution is 0.0771. The Hall–Kier alpha value is -1.31. The minimum Gasteiger partial charge on any atom is -0.486 e. The Morgan fingerprint density at radius 2 is 2.06 bits per heavy atom. The van der Waals surface area contributed by atoms with E-state index >= 15 is 0 Å². The molecule has 1 aliphatic heterocycles. The minimum atomic E-state index is -3.69. The van der Waals surface area contributed by atoms with Crippen molar-refractivity contribution in [3.05, 3.63) is 24.3 Å². The minimum absolute atomic E-state index is 0.184. The van der Waals surface area contributed by atoms with Crippen molar-refractivity contribution in [1.82, 2.24) is 4.31 Å². The molecular weight excluding hydrogens is 256 g/mol. The molecule has 0 amide bonds. The Kier molecular flexibility index (Phi) is 3.74. The van der Waals surface area contributed by atoms with E-state index in [9.17, 15) is 8.42 Å². The lowest BCUT2D eigenvalue weighted by Crippen LogP contribution is -2.45. The number of nitrogens with zero attached hydrogens (tertiary/aromatic N) is 1. The summed E-state index contributed by atoms with van der Waals surface area (Å²) in [5, 5.41) is 5.10. The number of rotatable bonds is 4. The van der Waals surface area contributed by atoms with E-state index in [4.69, 9.17) is 14.6 Å². The van der Waals surface area contributed by atoms with E-state index in [1.54, 1.807) is 13.0 Å². The number of benzene rings is 1. The van der Waals surface area contributed by atoms with Gasteiger partial charge in [0.1, 0.15) is 12.7 Å². The molecule has 0 fully saturated rings. The van der Waals surface area contributed by atoms with Gasteiger partial charge in [0.15, 0.2) is 11.5 Å². The first kappa shape index (κ1) is 13.1. The molecule has 1 aliphatic rings. The zero-order valence-electron chi connectivity index (χ0n) is 10.1. The molecule has 1 aromatic carbocycles. The zero-order valence-corrected chi connectivity index (χ0v) is 10.9. The van der Waals surface area contributed by atoms with Crippen molar-refractivity contribution in [2.75, 3.05) is 19.7 Å². The fourth-order valence-corrected chi connectivity index (χ4v) is 2.53. The largest absolute Gasteiger partial charge is 0.486 e. The highest BCUT2D eigenvalue weighted by Crippen LogP contribution is 2.31. The van der Waals surface area contributed by atoms with E-state index in [-0.39, 0.29) is 12.6 Å². The van der Waals surface area contributed by atoms with Gasteiger partial charge in [-0.3, -0.25) is 0 Å². The first-order chi connectivity index (χ1) is 8.50. The summed E-state index contributed by atoms with van der Waals surface area (Å²) in [6.45, 7) is 2.52. The number of likely N-dealkylation sites (N-methyl/N-ethyl adjacent to an activating group) is 1. The van der Waals surface area contributed by atoms with E-state index in [1.165, 1.54) is 0 Å². The Bertz CT molecular complexity index is 518. The number of hydrogen-bond acceptors (Lipinski definition) is 4. The summed E-state index contributed by atoms with van der Waals surface area (Å²) in [4.78, 5) is 0. The van der Waals surface area contributed by atoms with Crippen LogP contribution in [0.1, 0.15) is 6.92 Å². The average Bonchev–Trinajstić information content (AvgIpc) is 2.34. The number of para-hydroxylation sites is 2. The zero-order chi connectivity index (χ0) is 13.2. The van der Waals surface area contributed by atoms with E-state index in [2.05, 4.69) is 0 Å². The van der Waals surface area contributed by atoms with Crippen LogP contribution in [0.4, 0.5) is 0 Å². The molecular formula is C11H16N2O4S. The molecule has 0 radical (unpaired) electrons. The Morgan fingerprint density at radius 3 is 2.67 bits per heavy atom. The summed E-state index contributed by atoms with van der Waals surface area (Å²) in [5.41, 5.74) is 0. The fourth-order valence-electron chi connectivity index (χ4n) is 1.79. The third kappa shape index (κ3) is 2.92. The third-order valence-electron chi connectivity index (χ3n) is 2.69. The smallest absolute Gasteiger partial charge is 0.277 e. The molecule has 0 bridgehead atoms. The Labute approximate surface area is 106 Å². The van der Waals surface area contributed by atoms with Gasteiger partial charge in [-0.15, -0.1) is 0 Å².